The third-order valence-corrected chi connectivity index (χ3v) is 7.52. The van der Waals surface area contributed by atoms with Crippen molar-refractivity contribution in [2.24, 2.45) is 0 Å². The Bertz CT molecular complexity index is 991. The molecule has 0 aliphatic heterocycles. The fourth-order valence-electron chi connectivity index (χ4n) is 4.67. The van der Waals surface area contributed by atoms with E-state index in [4.69, 9.17) is 0 Å². The SMILES string of the molecule is CC(C)(C)c1ccc(NCCN(CCNc2ccc(C(C)(C)C)cc2)CCNc2ccc(C(C)(C)C)cc2)cc1. The number of rotatable bonds is 12. The van der Waals surface area contributed by atoms with Gasteiger partial charge in [-0.25, -0.2) is 0 Å². The molecule has 0 unspecified atom stereocenters. The summed E-state index contributed by atoms with van der Waals surface area (Å²) in [6.07, 6.45) is 0. The third-order valence-electron chi connectivity index (χ3n) is 7.52. The van der Waals surface area contributed by atoms with Crippen LogP contribution in [0.1, 0.15) is 79.0 Å². The Balaban J connectivity index is 1.54. The van der Waals surface area contributed by atoms with Crippen LogP contribution >= 0.6 is 0 Å². The zero-order valence-electron chi connectivity index (χ0n) is 26.6. The van der Waals surface area contributed by atoms with Crippen LogP contribution in [0.3, 0.4) is 0 Å². The van der Waals surface area contributed by atoms with Crippen molar-refractivity contribution in [3.63, 3.8) is 0 Å². The van der Waals surface area contributed by atoms with E-state index in [0.717, 1.165) is 39.3 Å². The van der Waals surface area contributed by atoms with E-state index in [0.29, 0.717) is 0 Å². The van der Waals surface area contributed by atoms with E-state index in [1.807, 2.05) is 0 Å². The van der Waals surface area contributed by atoms with Gasteiger partial charge in [-0.1, -0.05) is 98.7 Å². The van der Waals surface area contributed by atoms with Gasteiger partial charge >= 0.3 is 0 Å². The zero-order chi connectivity index (χ0) is 29.4. The van der Waals surface area contributed by atoms with Gasteiger partial charge in [0.25, 0.3) is 0 Å². The Kier molecular flexibility index (Phi) is 10.7. The molecule has 0 spiro atoms. The molecule has 0 heterocycles. The summed E-state index contributed by atoms with van der Waals surface area (Å²) in [6, 6.07) is 26.7. The molecule has 0 radical (unpaired) electrons. The molecule has 0 bridgehead atoms. The Morgan fingerprint density at radius 1 is 0.400 bits per heavy atom. The maximum atomic E-state index is 3.63. The summed E-state index contributed by atoms with van der Waals surface area (Å²) in [5.41, 5.74) is 8.17. The highest BCUT2D eigenvalue weighted by Crippen LogP contribution is 2.25. The molecule has 4 heteroatoms. The molecule has 218 valence electrons. The molecule has 0 aliphatic rings. The first kappa shape index (κ1) is 31.5. The lowest BCUT2D eigenvalue weighted by atomic mass is 9.87. The van der Waals surface area contributed by atoms with Crippen LogP contribution in [0, 0.1) is 0 Å². The van der Waals surface area contributed by atoms with Crippen LogP contribution in [0.15, 0.2) is 72.8 Å². The maximum Gasteiger partial charge on any atom is 0.0340 e. The molecule has 3 rings (SSSR count). The summed E-state index contributed by atoms with van der Waals surface area (Å²) in [7, 11) is 0. The van der Waals surface area contributed by atoms with E-state index in [2.05, 4.69) is 156 Å². The van der Waals surface area contributed by atoms with Gasteiger partial charge in [-0.2, -0.15) is 0 Å². The normalized spacial score (nSPS) is 12.4. The molecule has 3 N–H and O–H groups in total. The maximum absolute atomic E-state index is 3.63. The number of nitrogens with zero attached hydrogens (tertiary/aromatic N) is 1. The van der Waals surface area contributed by atoms with Gasteiger partial charge in [-0.3, -0.25) is 4.90 Å². The molecule has 0 saturated carbocycles. The molecule has 0 aromatic heterocycles. The first-order chi connectivity index (χ1) is 18.7. The van der Waals surface area contributed by atoms with Crippen molar-refractivity contribution in [1.82, 2.24) is 4.90 Å². The average molecular weight is 543 g/mol. The molecule has 0 fully saturated rings. The van der Waals surface area contributed by atoms with Crippen LogP contribution < -0.4 is 16.0 Å². The minimum Gasteiger partial charge on any atom is -0.384 e. The van der Waals surface area contributed by atoms with Crippen molar-refractivity contribution in [1.29, 1.82) is 0 Å². The molecule has 0 atom stereocenters. The Labute approximate surface area is 245 Å². The van der Waals surface area contributed by atoms with Gasteiger partial charge in [0.1, 0.15) is 0 Å². The smallest absolute Gasteiger partial charge is 0.0340 e. The third kappa shape index (κ3) is 10.2. The van der Waals surface area contributed by atoms with Crippen LogP contribution in [0.25, 0.3) is 0 Å². The minimum atomic E-state index is 0.176. The molecule has 3 aromatic rings. The lowest BCUT2D eigenvalue weighted by molar-refractivity contribution is 0.306. The lowest BCUT2D eigenvalue weighted by Gasteiger charge is -2.24. The van der Waals surface area contributed by atoms with Crippen LogP contribution in [-0.2, 0) is 16.2 Å². The Morgan fingerprint density at radius 2 is 0.625 bits per heavy atom. The van der Waals surface area contributed by atoms with Crippen LogP contribution in [-0.4, -0.2) is 44.2 Å². The van der Waals surface area contributed by atoms with Gasteiger partial charge in [-0.05, 0) is 69.3 Å². The summed E-state index contributed by atoms with van der Waals surface area (Å²) in [6.45, 7) is 26.0. The summed E-state index contributed by atoms with van der Waals surface area (Å²) < 4.78 is 0. The predicted molar refractivity (Wildman–Crippen MR) is 177 cm³/mol. The molecule has 3 aromatic carbocycles. The van der Waals surface area contributed by atoms with Gasteiger partial charge in [-0.15, -0.1) is 0 Å². The van der Waals surface area contributed by atoms with Gasteiger partial charge in [0.15, 0.2) is 0 Å². The monoisotopic (exact) mass is 542 g/mol. The number of benzene rings is 3. The average Bonchev–Trinajstić information content (AvgIpc) is 2.88. The minimum absolute atomic E-state index is 0.176. The zero-order valence-corrected chi connectivity index (χ0v) is 26.6. The first-order valence-corrected chi connectivity index (χ1v) is 15.0. The molecule has 0 amide bonds. The van der Waals surface area contributed by atoms with Crippen molar-refractivity contribution in [3.8, 4) is 0 Å². The number of anilines is 3. The highest BCUT2D eigenvalue weighted by atomic mass is 15.2. The molecular weight excluding hydrogens is 488 g/mol. The van der Waals surface area contributed by atoms with Crippen LogP contribution in [0.5, 0.6) is 0 Å². The summed E-state index contributed by atoms with van der Waals surface area (Å²) in [4.78, 5) is 2.53. The largest absolute Gasteiger partial charge is 0.384 e. The highest BCUT2D eigenvalue weighted by Gasteiger charge is 2.15. The van der Waals surface area contributed by atoms with Crippen molar-refractivity contribution in [2.75, 3.05) is 55.2 Å². The number of hydrogen-bond acceptors (Lipinski definition) is 4. The van der Waals surface area contributed by atoms with Crippen LogP contribution in [0.2, 0.25) is 0 Å². The molecular formula is C36H54N4. The van der Waals surface area contributed by atoms with Crippen molar-refractivity contribution >= 4 is 17.1 Å². The molecule has 0 saturated heterocycles. The number of nitrogens with one attached hydrogen (secondary N) is 3. The Morgan fingerprint density at radius 3 is 0.825 bits per heavy atom. The van der Waals surface area contributed by atoms with E-state index in [9.17, 15) is 0 Å². The molecule has 0 aliphatic carbocycles. The lowest BCUT2D eigenvalue weighted by Crippen LogP contribution is -2.36. The van der Waals surface area contributed by atoms with Crippen molar-refractivity contribution < 1.29 is 0 Å². The van der Waals surface area contributed by atoms with E-state index >= 15 is 0 Å². The second-order valence-electron chi connectivity index (χ2n) is 14.1. The van der Waals surface area contributed by atoms with Crippen molar-refractivity contribution in [2.45, 2.75) is 78.6 Å². The highest BCUT2D eigenvalue weighted by molar-refractivity contribution is 5.47. The summed E-state index contributed by atoms with van der Waals surface area (Å²) in [5.74, 6) is 0. The molecule has 40 heavy (non-hydrogen) atoms. The van der Waals surface area contributed by atoms with Gasteiger partial charge in [0.05, 0.1) is 0 Å². The summed E-state index contributed by atoms with van der Waals surface area (Å²) in [5, 5.41) is 10.9. The van der Waals surface area contributed by atoms with Crippen LogP contribution in [0.4, 0.5) is 17.1 Å². The fourth-order valence-corrected chi connectivity index (χ4v) is 4.67. The fraction of sp³-hybridized carbons (Fsp3) is 0.500. The van der Waals surface area contributed by atoms with Gasteiger partial charge < -0.3 is 16.0 Å². The quantitative estimate of drug-likeness (QED) is 0.214. The molecule has 4 nitrogen and oxygen atoms in total. The second kappa shape index (κ2) is 13.6. The number of hydrogen-bond donors (Lipinski definition) is 3. The van der Waals surface area contributed by atoms with Gasteiger partial charge in [0, 0.05) is 56.3 Å². The topological polar surface area (TPSA) is 39.3 Å². The van der Waals surface area contributed by atoms with Crippen molar-refractivity contribution in [3.05, 3.63) is 89.5 Å². The standard InChI is InChI=1S/C36H54N4/c1-34(2,3)28-10-16-31(17-11-28)37-22-25-40(26-23-38-32-18-12-29(13-19-32)35(4,5)6)27-24-39-33-20-14-30(15-21-33)36(7,8)9/h10-21,37-39H,22-27H2,1-9H3. The van der Waals surface area contributed by atoms with E-state index in [1.54, 1.807) is 0 Å². The van der Waals surface area contributed by atoms with E-state index < -0.39 is 0 Å². The second-order valence-corrected chi connectivity index (χ2v) is 14.1. The van der Waals surface area contributed by atoms with E-state index in [1.165, 1.54) is 33.8 Å². The summed E-state index contributed by atoms with van der Waals surface area (Å²) >= 11 is 0. The van der Waals surface area contributed by atoms with E-state index in [-0.39, 0.29) is 16.2 Å². The Hall–Kier alpha value is -2.98. The van der Waals surface area contributed by atoms with Gasteiger partial charge in [0.2, 0.25) is 0 Å². The predicted octanol–water partition coefficient (Wildman–Crippen LogP) is 8.52. The first-order valence-electron chi connectivity index (χ1n) is 15.0.